The lowest BCUT2D eigenvalue weighted by molar-refractivity contribution is 0.414. The van der Waals surface area contributed by atoms with Gasteiger partial charge in [-0.2, -0.15) is 0 Å². The molecule has 0 radical (unpaired) electrons. The molecule has 0 bridgehead atoms. The summed E-state index contributed by atoms with van der Waals surface area (Å²) < 4.78 is 6.70. The first-order valence-electron chi connectivity index (χ1n) is 6.57. The first-order valence-corrected chi connectivity index (χ1v) is 7.32. The largest absolute Gasteiger partial charge is 0.497 e. The van der Waals surface area contributed by atoms with Crippen LogP contribution in [0.25, 0.3) is 11.0 Å². The van der Waals surface area contributed by atoms with Gasteiger partial charge in [0.05, 0.1) is 24.7 Å². The molecule has 6 heteroatoms. The zero-order chi connectivity index (χ0) is 15.7. The number of methoxy groups -OCH3 is 1. The Hall–Kier alpha value is -2.04. The summed E-state index contributed by atoms with van der Waals surface area (Å²) in [5.41, 5.74) is 1.89. The minimum atomic E-state index is -0.341. The Morgan fingerprint density at radius 2 is 1.86 bits per heavy atom. The number of hydrogen-bond acceptors (Lipinski definition) is 3. The van der Waals surface area contributed by atoms with Crippen molar-refractivity contribution in [3.8, 4) is 5.75 Å². The number of hydrogen-bond donors (Lipinski definition) is 0. The van der Waals surface area contributed by atoms with Crippen molar-refractivity contribution in [2.45, 2.75) is 6.54 Å². The van der Waals surface area contributed by atoms with Crippen molar-refractivity contribution in [3.05, 3.63) is 68.6 Å². The lowest BCUT2D eigenvalue weighted by Crippen LogP contribution is -2.22. The Bertz CT molecular complexity index is 889. The van der Waals surface area contributed by atoms with E-state index in [-0.39, 0.29) is 10.7 Å². The molecule has 0 fully saturated rings. The van der Waals surface area contributed by atoms with Crippen LogP contribution in [0.2, 0.25) is 10.2 Å². The first-order chi connectivity index (χ1) is 10.6. The van der Waals surface area contributed by atoms with E-state index in [0.29, 0.717) is 22.6 Å². The second kappa shape index (κ2) is 5.99. The molecule has 0 unspecified atom stereocenters. The Kier molecular flexibility index (Phi) is 4.05. The highest BCUT2D eigenvalue weighted by atomic mass is 35.5. The molecule has 0 spiro atoms. The number of aromatic nitrogens is 2. The minimum Gasteiger partial charge on any atom is -0.497 e. The molecular weight excluding hydrogens is 323 g/mol. The molecule has 2 aromatic carbocycles. The molecule has 3 aromatic rings. The Labute approximate surface area is 136 Å². The van der Waals surface area contributed by atoms with E-state index in [1.807, 2.05) is 24.3 Å². The standard InChI is InChI=1S/C16H12Cl2N2O2/c1-22-12-5-2-10(3-6-12)9-20-14-8-11(17)4-7-13(14)19-15(18)16(20)21/h2-8H,9H2,1H3. The van der Waals surface area contributed by atoms with E-state index in [0.717, 1.165) is 11.3 Å². The van der Waals surface area contributed by atoms with Gasteiger partial charge in [0.25, 0.3) is 5.56 Å². The third-order valence-electron chi connectivity index (χ3n) is 3.37. The Morgan fingerprint density at radius 3 is 2.55 bits per heavy atom. The molecule has 1 aromatic heterocycles. The third kappa shape index (κ3) is 2.80. The molecule has 3 rings (SSSR count). The van der Waals surface area contributed by atoms with Gasteiger partial charge in [0, 0.05) is 5.02 Å². The van der Waals surface area contributed by atoms with Gasteiger partial charge in [-0.1, -0.05) is 35.3 Å². The monoisotopic (exact) mass is 334 g/mol. The number of halogens is 2. The van der Waals surface area contributed by atoms with Crippen molar-refractivity contribution >= 4 is 34.2 Å². The van der Waals surface area contributed by atoms with E-state index < -0.39 is 0 Å². The molecule has 4 nitrogen and oxygen atoms in total. The average molecular weight is 335 g/mol. The van der Waals surface area contributed by atoms with Gasteiger partial charge in [-0.15, -0.1) is 0 Å². The van der Waals surface area contributed by atoms with Crippen LogP contribution in [0.5, 0.6) is 5.75 Å². The summed E-state index contributed by atoms with van der Waals surface area (Å²) >= 11 is 12.0. The lowest BCUT2D eigenvalue weighted by Gasteiger charge is -2.11. The summed E-state index contributed by atoms with van der Waals surface area (Å²) in [6, 6.07) is 12.7. The summed E-state index contributed by atoms with van der Waals surface area (Å²) in [6.07, 6.45) is 0. The fraction of sp³-hybridized carbons (Fsp3) is 0.125. The van der Waals surface area contributed by atoms with Crippen molar-refractivity contribution in [2.24, 2.45) is 0 Å². The number of rotatable bonds is 3. The maximum absolute atomic E-state index is 12.3. The SMILES string of the molecule is COc1ccc(Cn2c(=O)c(Cl)nc3ccc(Cl)cc32)cc1. The smallest absolute Gasteiger partial charge is 0.289 e. The van der Waals surface area contributed by atoms with Crippen LogP contribution in [-0.4, -0.2) is 16.7 Å². The molecular formula is C16H12Cl2N2O2. The Balaban J connectivity index is 2.13. The van der Waals surface area contributed by atoms with E-state index in [1.165, 1.54) is 0 Å². The third-order valence-corrected chi connectivity index (χ3v) is 3.85. The zero-order valence-electron chi connectivity index (χ0n) is 11.7. The van der Waals surface area contributed by atoms with E-state index in [4.69, 9.17) is 27.9 Å². The summed E-state index contributed by atoms with van der Waals surface area (Å²) in [7, 11) is 1.61. The van der Waals surface area contributed by atoms with Crippen LogP contribution < -0.4 is 10.3 Å². The van der Waals surface area contributed by atoms with Crippen molar-refractivity contribution < 1.29 is 4.74 Å². The second-order valence-corrected chi connectivity index (χ2v) is 5.57. The molecule has 0 amide bonds. The highest BCUT2D eigenvalue weighted by Crippen LogP contribution is 2.19. The normalized spacial score (nSPS) is 10.9. The zero-order valence-corrected chi connectivity index (χ0v) is 13.2. The van der Waals surface area contributed by atoms with Crippen molar-refractivity contribution in [1.29, 1.82) is 0 Å². The number of ether oxygens (including phenoxy) is 1. The van der Waals surface area contributed by atoms with Crippen molar-refractivity contribution in [1.82, 2.24) is 9.55 Å². The van der Waals surface area contributed by atoms with Gasteiger partial charge < -0.3 is 4.74 Å². The molecule has 0 saturated heterocycles. The maximum atomic E-state index is 12.3. The molecule has 1 heterocycles. The van der Waals surface area contributed by atoms with E-state index >= 15 is 0 Å². The van der Waals surface area contributed by atoms with Crippen molar-refractivity contribution in [2.75, 3.05) is 7.11 Å². The van der Waals surface area contributed by atoms with Crippen molar-refractivity contribution in [3.63, 3.8) is 0 Å². The van der Waals surface area contributed by atoms with Crippen LogP contribution in [0.15, 0.2) is 47.3 Å². The molecule has 112 valence electrons. The second-order valence-electron chi connectivity index (χ2n) is 4.78. The fourth-order valence-electron chi connectivity index (χ4n) is 2.25. The van der Waals surface area contributed by atoms with Crippen LogP contribution in [0.4, 0.5) is 0 Å². The lowest BCUT2D eigenvalue weighted by atomic mass is 10.2. The maximum Gasteiger partial charge on any atom is 0.289 e. The highest BCUT2D eigenvalue weighted by molar-refractivity contribution is 6.31. The van der Waals surface area contributed by atoms with E-state index in [9.17, 15) is 4.79 Å². The van der Waals surface area contributed by atoms with E-state index in [1.54, 1.807) is 29.9 Å². The van der Waals surface area contributed by atoms with Gasteiger partial charge >= 0.3 is 0 Å². The molecule has 22 heavy (non-hydrogen) atoms. The summed E-state index contributed by atoms with van der Waals surface area (Å²) in [4.78, 5) is 16.4. The topological polar surface area (TPSA) is 44.1 Å². The Morgan fingerprint density at radius 1 is 1.14 bits per heavy atom. The van der Waals surface area contributed by atoms with Gasteiger partial charge in [0.2, 0.25) is 0 Å². The minimum absolute atomic E-state index is 0.0525. The van der Waals surface area contributed by atoms with Crippen LogP contribution in [-0.2, 0) is 6.54 Å². The molecule has 0 saturated carbocycles. The average Bonchev–Trinajstić information content (AvgIpc) is 2.53. The highest BCUT2D eigenvalue weighted by Gasteiger charge is 2.10. The predicted molar refractivity (Wildman–Crippen MR) is 88.1 cm³/mol. The van der Waals surface area contributed by atoms with Gasteiger partial charge in [-0.25, -0.2) is 4.98 Å². The molecule has 0 atom stereocenters. The number of fused-ring (bicyclic) bond motifs is 1. The number of benzene rings is 2. The molecule has 0 aliphatic rings. The van der Waals surface area contributed by atoms with E-state index in [2.05, 4.69) is 4.98 Å². The number of nitrogens with zero attached hydrogens (tertiary/aromatic N) is 2. The summed E-state index contributed by atoms with van der Waals surface area (Å²) in [5, 5.41) is 0.489. The molecule has 0 aliphatic carbocycles. The van der Waals surface area contributed by atoms with Crippen LogP contribution in [0, 0.1) is 0 Å². The van der Waals surface area contributed by atoms with Gasteiger partial charge in [0.15, 0.2) is 5.15 Å². The van der Waals surface area contributed by atoms with Gasteiger partial charge in [-0.3, -0.25) is 9.36 Å². The predicted octanol–water partition coefficient (Wildman–Crippen LogP) is 3.76. The quantitative estimate of drug-likeness (QED) is 0.732. The van der Waals surface area contributed by atoms with Crippen LogP contribution in [0.1, 0.15) is 5.56 Å². The molecule has 0 aliphatic heterocycles. The fourth-order valence-corrected chi connectivity index (χ4v) is 2.61. The van der Waals surface area contributed by atoms with Gasteiger partial charge in [0.1, 0.15) is 5.75 Å². The molecule has 0 N–H and O–H groups in total. The summed E-state index contributed by atoms with van der Waals surface area (Å²) in [6.45, 7) is 0.377. The van der Waals surface area contributed by atoms with Gasteiger partial charge in [-0.05, 0) is 35.9 Å². The van der Waals surface area contributed by atoms with Crippen LogP contribution >= 0.6 is 23.2 Å². The first kappa shape index (κ1) is 14.9. The summed E-state index contributed by atoms with van der Waals surface area (Å²) in [5.74, 6) is 0.761. The van der Waals surface area contributed by atoms with Crippen LogP contribution in [0.3, 0.4) is 0 Å².